The van der Waals surface area contributed by atoms with Crippen molar-refractivity contribution >= 4 is 5.78 Å². The maximum Gasteiger partial charge on any atom is 0.159 e. The molecule has 0 fully saturated rings. The van der Waals surface area contributed by atoms with Gasteiger partial charge in [0, 0.05) is 30.1 Å². The Bertz CT molecular complexity index is 514. The monoisotopic (exact) mass is 214 g/mol. The summed E-state index contributed by atoms with van der Waals surface area (Å²) in [6.45, 7) is 4.52. The van der Waals surface area contributed by atoms with Gasteiger partial charge in [-0.05, 0) is 19.9 Å². The van der Waals surface area contributed by atoms with Crippen molar-refractivity contribution in [3.8, 4) is 11.4 Å². The van der Waals surface area contributed by atoms with Crippen LogP contribution in [0.2, 0.25) is 0 Å². The molecule has 3 nitrogen and oxygen atoms in total. The van der Waals surface area contributed by atoms with Crippen LogP contribution >= 0.6 is 0 Å². The second-order valence-corrected chi connectivity index (χ2v) is 3.67. The van der Waals surface area contributed by atoms with E-state index in [1.165, 1.54) is 0 Å². The normalized spacial score (nSPS) is 10.4. The molecule has 2 aromatic rings. The number of hydrogen-bond donors (Lipinski definition) is 0. The van der Waals surface area contributed by atoms with Gasteiger partial charge < -0.3 is 4.57 Å². The minimum Gasteiger partial charge on any atom is -0.331 e. The van der Waals surface area contributed by atoms with Gasteiger partial charge in [0.25, 0.3) is 0 Å². The number of aromatic nitrogens is 2. The van der Waals surface area contributed by atoms with Gasteiger partial charge in [-0.2, -0.15) is 0 Å². The van der Waals surface area contributed by atoms with Crippen LogP contribution in [0, 0.1) is 0 Å². The first-order valence-electron chi connectivity index (χ1n) is 5.35. The SMILES string of the molecule is CCn1ccnc1-c1cccc(C(C)=O)c1. The molecule has 0 radical (unpaired) electrons. The molecule has 0 bridgehead atoms. The second kappa shape index (κ2) is 4.31. The Kier molecular flexibility index (Phi) is 2.86. The van der Waals surface area contributed by atoms with E-state index in [-0.39, 0.29) is 5.78 Å². The van der Waals surface area contributed by atoms with Gasteiger partial charge in [0.05, 0.1) is 0 Å². The Hall–Kier alpha value is -1.90. The Morgan fingerprint density at radius 1 is 1.44 bits per heavy atom. The van der Waals surface area contributed by atoms with Crippen LogP contribution in [0.15, 0.2) is 36.7 Å². The number of ketones is 1. The second-order valence-electron chi connectivity index (χ2n) is 3.67. The quantitative estimate of drug-likeness (QED) is 0.736. The van der Waals surface area contributed by atoms with Crippen molar-refractivity contribution in [2.75, 3.05) is 0 Å². The molecular weight excluding hydrogens is 200 g/mol. The van der Waals surface area contributed by atoms with E-state index in [1.54, 1.807) is 13.1 Å². The maximum atomic E-state index is 11.3. The topological polar surface area (TPSA) is 34.9 Å². The van der Waals surface area contributed by atoms with Crippen LogP contribution in [0.5, 0.6) is 0 Å². The molecule has 1 aromatic heterocycles. The highest BCUT2D eigenvalue weighted by molar-refractivity contribution is 5.95. The lowest BCUT2D eigenvalue weighted by Gasteiger charge is -2.05. The van der Waals surface area contributed by atoms with Crippen molar-refractivity contribution in [3.63, 3.8) is 0 Å². The molecule has 0 saturated heterocycles. The number of carbonyl (C=O) groups is 1. The molecule has 0 saturated carbocycles. The highest BCUT2D eigenvalue weighted by atomic mass is 16.1. The van der Waals surface area contributed by atoms with Gasteiger partial charge in [-0.25, -0.2) is 4.98 Å². The molecule has 0 aliphatic heterocycles. The molecule has 1 heterocycles. The van der Waals surface area contributed by atoms with Crippen molar-refractivity contribution in [2.24, 2.45) is 0 Å². The van der Waals surface area contributed by atoms with E-state index in [1.807, 2.05) is 30.5 Å². The van der Waals surface area contributed by atoms with Crippen molar-refractivity contribution in [3.05, 3.63) is 42.2 Å². The number of imidazole rings is 1. The van der Waals surface area contributed by atoms with E-state index >= 15 is 0 Å². The molecular formula is C13H14N2O. The molecule has 0 unspecified atom stereocenters. The molecule has 0 aliphatic rings. The third-order valence-electron chi connectivity index (χ3n) is 2.58. The van der Waals surface area contributed by atoms with Gasteiger partial charge in [-0.1, -0.05) is 18.2 Å². The van der Waals surface area contributed by atoms with Crippen molar-refractivity contribution in [1.29, 1.82) is 0 Å². The number of benzene rings is 1. The molecule has 0 amide bonds. The summed E-state index contributed by atoms with van der Waals surface area (Å²) < 4.78 is 2.05. The van der Waals surface area contributed by atoms with Gasteiger partial charge in [0.2, 0.25) is 0 Å². The fourth-order valence-corrected chi connectivity index (χ4v) is 1.70. The van der Waals surface area contributed by atoms with Crippen LogP contribution in [0.1, 0.15) is 24.2 Å². The number of nitrogens with zero attached hydrogens (tertiary/aromatic N) is 2. The Morgan fingerprint density at radius 2 is 2.25 bits per heavy atom. The van der Waals surface area contributed by atoms with Gasteiger partial charge in [-0.15, -0.1) is 0 Å². The summed E-state index contributed by atoms with van der Waals surface area (Å²) in [4.78, 5) is 15.6. The summed E-state index contributed by atoms with van der Waals surface area (Å²) in [7, 11) is 0. The average molecular weight is 214 g/mol. The van der Waals surface area contributed by atoms with Gasteiger partial charge >= 0.3 is 0 Å². The van der Waals surface area contributed by atoms with Gasteiger partial charge in [0.1, 0.15) is 5.82 Å². The number of Topliss-reactive ketones (excluding diaryl/α,β-unsaturated/α-hetero) is 1. The lowest BCUT2D eigenvalue weighted by atomic mass is 10.1. The minimum atomic E-state index is 0.0801. The van der Waals surface area contributed by atoms with Gasteiger partial charge in [-0.3, -0.25) is 4.79 Å². The smallest absolute Gasteiger partial charge is 0.159 e. The van der Waals surface area contributed by atoms with Crippen molar-refractivity contribution in [1.82, 2.24) is 9.55 Å². The first-order valence-corrected chi connectivity index (χ1v) is 5.35. The van der Waals surface area contributed by atoms with Crippen LogP contribution < -0.4 is 0 Å². The van der Waals surface area contributed by atoms with Crippen LogP contribution in [0.3, 0.4) is 0 Å². The van der Waals surface area contributed by atoms with Gasteiger partial charge in [0.15, 0.2) is 5.78 Å². The molecule has 0 spiro atoms. The van der Waals surface area contributed by atoms with Crippen LogP contribution in [0.25, 0.3) is 11.4 Å². The van der Waals surface area contributed by atoms with Crippen LogP contribution in [-0.4, -0.2) is 15.3 Å². The largest absolute Gasteiger partial charge is 0.331 e. The van der Waals surface area contributed by atoms with E-state index in [0.29, 0.717) is 0 Å². The number of rotatable bonds is 3. The number of hydrogen-bond acceptors (Lipinski definition) is 2. The lowest BCUT2D eigenvalue weighted by molar-refractivity contribution is 0.101. The van der Waals surface area contributed by atoms with E-state index in [4.69, 9.17) is 0 Å². The Morgan fingerprint density at radius 3 is 2.94 bits per heavy atom. The fourth-order valence-electron chi connectivity index (χ4n) is 1.70. The zero-order valence-corrected chi connectivity index (χ0v) is 9.47. The summed E-state index contributed by atoms with van der Waals surface area (Å²) >= 11 is 0. The highest BCUT2D eigenvalue weighted by Gasteiger charge is 2.06. The predicted octanol–water partition coefficient (Wildman–Crippen LogP) is 2.77. The number of carbonyl (C=O) groups excluding carboxylic acids is 1. The summed E-state index contributed by atoms with van der Waals surface area (Å²) in [5.74, 6) is 0.988. The van der Waals surface area contributed by atoms with Crippen LogP contribution in [-0.2, 0) is 6.54 Å². The number of aryl methyl sites for hydroxylation is 1. The average Bonchev–Trinajstić information content (AvgIpc) is 2.77. The zero-order valence-electron chi connectivity index (χ0n) is 9.47. The third-order valence-corrected chi connectivity index (χ3v) is 2.58. The summed E-state index contributed by atoms with van der Waals surface area (Å²) in [6, 6.07) is 7.57. The first kappa shape index (κ1) is 10.6. The summed E-state index contributed by atoms with van der Waals surface area (Å²) in [5, 5.41) is 0. The molecule has 1 aromatic carbocycles. The van der Waals surface area contributed by atoms with E-state index in [9.17, 15) is 4.79 Å². The summed E-state index contributed by atoms with van der Waals surface area (Å²) in [5.41, 5.74) is 1.71. The Labute approximate surface area is 94.7 Å². The van der Waals surface area contributed by atoms with Crippen LogP contribution in [0.4, 0.5) is 0 Å². The molecule has 3 heteroatoms. The summed E-state index contributed by atoms with van der Waals surface area (Å²) in [6.07, 6.45) is 3.72. The predicted molar refractivity (Wildman–Crippen MR) is 63.3 cm³/mol. The van der Waals surface area contributed by atoms with E-state index in [2.05, 4.69) is 16.5 Å². The zero-order chi connectivity index (χ0) is 11.5. The van der Waals surface area contributed by atoms with Crippen molar-refractivity contribution < 1.29 is 4.79 Å². The molecule has 2 rings (SSSR count). The fraction of sp³-hybridized carbons (Fsp3) is 0.231. The molecule has 16 heavy (non-hydrogen) atoms. The van der Waals surface area contributed by atoms with E-state index < -0.39 is 0 Å². The minimum absolute atomic E-state index is 0.0801. The standard InChI is InChI=1S/C13H14N2O/c1-3-15-8-7-14-13(15)12-6-4-5-11(9-12)10(2)16/h4-9H,3H2,1-2H3. The molecule has 0 N–H and O–H groups in total. The Balaban J connectivity index is 2.48. The lowest BCUT2D eigenvalue weighted by Crippen LogP contribution is -1.98. The maximum absolute atomic E-state index is 11.3. The first-order chi connectivity index (χ1) is 7.72. The highest BCUT2D eigenvalue weighted by Crippen LogP contribution is 2.18. The van der Waals surface area contributed by atoms with Crippen molar-refractivity contribution in [2.45, 2.75) is 20.4 Å². The molecule has 0 atom stereocenters. The van der Waals surface area contributed by atoms with E-state index in [0.717, 1.165) is 23.5 Å². The molecule has 82 valence electrons. The molecule has 0 aliphatic carbocycles. The third kappa shape index (κ3) is 1.89.